The van der Waals surface area contributed by atoms with E-state index in [1.807, 2.05) is 6.92 Å². The zero-order chi connectivity index (χ0) is 16.8. The van der Waals surface area contributed by atoms with Crippen LogP contribution in [0.25, 0.3) is 10.8 Å². The van der Waals surface area contributed by atoms with Crippen LogP contribution in [-0.4, -0.2) is 21.6 Å². The molecule has 0 aliphatic heterocycles. The molecule has 1 heterocycles. The molecular weight excluding hydrogens is 296 g/mol. The Balaban J connectivity index is 2.24. The summed E-state index contributed by atoms with van der Waals surface area (Å²) < 4.78 is 1.09. The molecule has 2 N–H and O–H groups in total. The SMILES string of the molecule is C/C=C/C=C/C(=O)NNC(=O)c1nn(C)c(=O)c2ccccc12. The second kappa shape index (κ2) is 7.17. The molecule has 1 aromatic carbocycles. The van der Waals surface area contributed by atoms with E-state index in [4.69, 9.17) is 0 Å². The van der Waals surface area contributed by atoms with Gasteiger partial charge in [0.2, 0.25) is 0 Å². The molecule has 0 aliphatic rings. The van der Waals surface area contributed by atoms with Crippen molar-refractivity contribution >= 4 is 22.6 Å². The van der Waals surface area contributed by atoms with Crippen molar-refractivity contribution in [2.45, 2.75) is 6.92 Å². The summed E-state index contributed by atoms with van der Waals surface area (Å²) >= 11 is 0. The van der Waals surface area contributed by atoms with Crippen molar-refractivity contribution in [1.29, 1.82) is 0 Å². The highest BCUT2D eigenvalue weighted by Gasteiger charge is 2.15. The monoisotopic (exact) mass is 312 g/mol. The van der Waals surface area contributed by atoms with E-state index in [0.29, 0.717) is 10.8 Å². The molecule has 23 heavy (non-hydrogen) atoms. The smallest absolute Gasteiger partial charge is 0.268 e. The number of rotatable bonds is 3. The molecule has 1 aromatic heterocycles. The van der Waals surface area contributed by atoms with Gasteiger partial charge in [0.25, 0.3) is 17.4 Å². The molecule has 0 unspecified atom stereocenters. The third-order valence-corrected chi connectivity index (χ3v) is 3.02. The van der Waals surface area contributed by atoms with Gasteiger partial charge in [0.05, 0.1) is 5.39 Å². The van der Waals surface area contributed by atoms with Gasteiger partial charge in [-0.1, -0.05) is 36.4 Å². The molecule has 2 rings (SSSR count). The Labute approximate surface area is 132 Å². The Bertz CT molecular complexity index is 865. The van der Waals surface area contributed by atoms with E-state index in [9.17, 15) is 14.4 Å². The van der Waals surface area contributed by atoms with Crippen LogP contribution in [0.5, 0.6) is 0 Å². The molecule has 7 nitrogen and oxygen atoms in total. The maximum atomic E-state index is 12.2. The van der Waals surface area contributed by atoms with Crippen molar-refractivity contribution in [3.8, 4) is 0 Å². The molecule has 0 fully saturated rings. The van der Waals surface area contributed by atoms with E-state index in [2.05, 4.69) is 16.0 Å². The first-order valence-electron chi connectivity index (χ1n) is 6.90. The fourth-order valence-corrected chi connectivity index (χ4v) is 1.94. The van der Waals surface area contributed by atoms with Gasteiger partial charge in [0.1, 0.15) is 0 Å². The number of allylic oxidation sites excluding steroid dienone is 3. The number of nitrogens with one attached hydrogen (secondary N) is 2. The number of amides is 2. The average Bonchev–Trinajstić information content (AvgIpc) is 2.56. The molecular formula is C16H16N4O3. The van der Waals surface area contributed by atoms with Crippen LogP contribution in [0.2, 0.25) is 0 Å². The minimum Gasteiger partial charge on any atom is -0.268 e. The van der Waals surface area contributed by atoms with Gasteiger partial charge in [-0.15, -0.1) is 0 Å². The lowest BCUT2D eigenvalue weighted by atomic mass is 10.1. The summed E-state index contributed by atoms with van der Waals surface area (Å²) in [6.45, 7) is 1.82. The Morgan fingerprint density at radius 3 is 2.52 bits per heavy atom. The van der Waals surface area contributed by atoms with Crippen LogP contribution in [0.3, 0.4) is 0 Å². The van der Waals surface area contributed by atoms with E-state index in [-0.39, 0.29) is 11.3 Å². The zero-order valence-electron chi connectivity index (χ0n) is 12.7. The number of carbonyl (C=O) groups excluding carboxylic acids is 2. The largest absolute Gasteiger partial charge is 0.290 e. The summed E-state index contributed by atoms with van der Waals surface area (Å²) in [6, 6.07) is 6.67. The highest BCUT2D eigenvalue weighted by atomic mass is 16.2. The molecule has 0 spiro atoms. The molecule has 0 aliphatic carbocycles. The van der Waals surface area contributed by atoms with Crippen LogP contribution in [-0.2, 0) is 11.8 Å². The number of aromatic nitrogens is 2. The fourth-order valence-electron chi connectivity index (χ4n) is 1.94. The van der Waals surface area contributed by atoms with Crippen molar-refractivity contribution in [1.82, 2.24) is 20.6 Å². The summed E-state index contributed by atoms with van der Waals surface area (Å²) in [6.07, 6.45) is 6.26. The minimum atomic E-state index is -0.607. The lowest BCUT2D eigenvalue weighted by molar-refractivity contribution is -0.117. The number of hydrazine groups is 1. The number of carbonyl (C=O) groups is 2. The lowest BCUT2D eigenvalue weighted by Gasteiger charge is -2.08. The summed E-state index contributed by atoms with van der Waals surface area (Å²) in [7, 11) is 1.46. The maximum absolute atomic E-state index is 12.2. The summed E-state index contributed by atoms with van der Waals surface area (Å²) in [5.41, 5.74) is 4.28. The molecule has 7 heteroatoms. The van der Waals surface area contributed by atoms with Crippen molar-refractivity contribution in [3.63, 3.8) is 0 Å². The van der Waals surface area contributed by atoms with Crippen LogP contribution >= 0.6 is 0 Å². The molecule has 0 radical (unpaired) electrons. The van der Waals surface area contributed by atoms with Gasteiger partial charge in [-0.05, 0) is 13.0 Å². The number of fused-ring (bicyclic) bond motifs is 1. The van der Waals surface area contributed by atoms with Crippen LogP contribution < -0.4 is 16.4 Å². The third kappa shape index (κ3) is 3.70. The van der Waals surface area contributed by atoms with Crippen molar-refractivity contribution in [2.75, 3.05) is 0 Å². The van der Waals surface area contributed by atoms with Gasteiger partial charge in [0.15, 0.2) is 5.69 Å². The second-order valence-electron chi connectivity index (χ2n) is 4.65. The zero-order valence-corrected chi connectivity index (χ0v) is 12.7. The van der Waals surface area contributed by atoms with Gasteiger partial charge in [0, 0.05) is 18.5 Å². The van der Waals surface area contributed by atoms with E-state index in [1.54, 1.807) is 42.5 Å². The van der Waals surface area contributed by atoms with Crippen molar-refractivity contribution in [3.05, 3.63) is 64.6 Å². The topological polar surface area (TPSA) is 93.1 Å². The van der Waals surface area contributed by atoms with Gasteiger partial charge >= 0.3 is 0 Å². The van der Waals surface area contributed by atoms with Crippen molar-refractivity contribution in [2.24, 2.45) is 7.05 Å². The molecule has 2 amide bonds. The van der Waals surface area contributed by atoms with E-state index >= 15 is 0 Å². The highest BCUT2D eigenvalue weighted by Crippen LogP contribution is 2.12. The highest BCUT2D eigenvalue weighted by molar-refractivity contribution is 6.05. The first kappa shape index (κ1) is 16.2. The predicted molar refractivity (Wildman–Crippen MR) is 86.5 cm³/mol. The summed E-state index contributed by atoms with van der Waals surface area (Å²) in [5.74, 6) is -1.09. The van der Waals surface area contributed by atoms with Crippen LogP contribution in [0.1, 0.15) is 17.4 Å². The van der Waals surface area contributed by atoms with E-state index < -0.39 is 11.8 Å². The minimum absolute atomic E-state index is 0.0560. The molecule has 0 bridgehead atoms. The Morgan fingerprint density at radius 1 is 1.13 bits per heavy atom. The van der Waals surface area contributed by atoms with Crippen LogP contribution in [0, 0.1) is 0 Å². The number of nitrogens with zero attached hydrogens (tertiary/aromatic N) is 2. The Kier molecular flexibility index (Phi) is 5.03. The standard InChI is InChI=1S/C16H16N4O3/c1-3-4-5-10-13(21)17-18-15(22)14-11-8-6-7-9-12(11)16(23)20(2)19-14/h3-10H,1-2H3,(H,17,21)(H,18,22)/b4-3+,10-5+. The van der Waals surface area contributed by atoms with Gasteiger partial charge in [-0.3, -0.25) is 25.2 Å². The number of aryl methyl sites for hydroxylation is 1. The Hall–Kier alpha value is -3.22. The second-order valence-corrected chi connectivity index (χ2v) is 4.65. The Morgan fingerprint density at radius 2 is 1.83 bits per heavy atom. The molecule has 0 saturated heterocycles. The quantitative estimate of drug-likeness (QED) is 0.499. The predicted octanol–water partition coefficient (Wildman–Crippen LogP) is 0.827. The van der Waals surface area contributed by atoms with Gasteiger partial charge in [-0.2, -0.15) is 5.10 Å². The average molecular weight is 312 g/mol. The third-order valence-electron chi connectivity index (χ3n) is 3.02. The van der Waals surface area contributed by atoms with E-state index in [0.717, 1.165) is 4.68 Å². The van der Waals surface area contributed by atoms with Gasteiger partial charge in [-0.25, -0.2) is 4.68 Å². The summed E-state index contributed by atoms with van der Waals surface area (Å²) in [4.78, 5) is 35.7. The lowest BCUT2D eigenvalue weighted by Crippen LogP contribution is -2.42. The van der Waals surface area contributed by atoms with E-state index in [1.165, 1.54) is 13.1 Å². The fraction of sp³-hybridized carbons (Fsp3) is 0.125. The number of hydrogen-bond donors (Lipinski definition) is 2. The van der Waals surface area contributed by atoms with Crippen LogP contribution in [0.4, 0.5) is 0 Å². The number of benzene rings is 1. The number of hydrogen-bond acceptors (Lipinski definition) is 4. The van der Waals surface area contributed by atoms with Gasteiger partial charge < -0.3 is 0 Å². The first-order chi connectivity index (χ1) is 11.0. The molecule has 2 aromatic rings. The first-order valence-corrected chi connectivity index (χ1v) is 6.90. The molecule has 0 saturated carbocycles. The maximum Gasteiger partial charge on any atom is 0.290 e. The molecule has 118 valence electrons. The normalized spacial score (nSPS) is 11.2. The molecule has 0 atom stereocenters. The van der Waals surface area contributed by atoms with Crippen molar-refractivity contribution < 1.29 is 9.59 Å². The summed E-state index contributed by atoms with van der Waals surface area (Å²) in [5, 5.41) is 4.77. The van der Waals surface area contributed by atoms with Crippen LogP contribution in [0.15, 0.2) is 53.4 Å².